The quantitative estimate of drug-likeness (QED) is 0.840. The van der Waals surface area contributed by atoms with Crippen molar-refractivity contribution >= 4 is 0 Å². The SMILES string of the molecule is CC(C)Cc1nnc2n1CCNC2C1CC1. The molecule has 1 aliphatic heterocycles. The van der Waals surface area contributed by atoms with E-state index in [2.05, 4.69) is 33.9 Å². The summed E-state index contributed by atoms with van der Waals surface area (Å²) in [6, 6.07) is 0.474. The number of rotatable bonds is 3. The third kappa shape index (κ3) is 1.75. The predicted octanol–water partition coefficient (Wildman–Crippen LogP) is 1.53. The van der Waals surface area contributed by atoms with E-state index in [9.17, 15) is 0 Å². The Bertz CT molecular complexity index is 378. The van der Waals surface area contributed by atoms with Gasteiger partial charge in [-0.3, -0.25) is 0 Å². The molecule has 88 valence electrons. The first-order valence-corrected chi connectivity index (χ1v) is 6.41. The Morgan fingerprint density at radius 3 is 2.88 bits per heavy atom. The second kappa shape index (κ2) is 3.84. The Morgan fingerprint density at radius 1 is 1.38 bits per heavy atom. The number of hydrogen-bond donors (Lipinski definition) is 1. The predicted molar refractivity (Wildman–Crippen MR) is 62.0 cm³/mol. The molecule has 0 spiro atoms. The molecule has 1 unspecified atom stereocenters. The monoisotopic (exact) mass is 220 g/mol. The summed E-state index contributed by atoms with van der Waals surface area (Å²) in [4.78, 5) is 0. The Labute approximate surface area is 96.4 Å². The zero-order valence-corrected chi connectivity index (χ0v) is 10.1. The van der Waals surface area contributed by atoms with Gasteiger partial charge in [0.15, 0.2) is 5.82 Å². The van der Waals surface area contributed by atoms with Crippen LogP contribution in [0.1, 0.15) is 44.4 Å². The van der Waals surface area contributed by atoms with E-state index in [0.717, 1.165) is 25.4 Å². The van der Waals surface area contributed by atoms with Crippen LogP contribution in [0, 0.1) is 11.8 Å². The molecule has 0 saturated heterocycles. The minimum Gasteiger partial charge on any atom is -0.312 e. The lowest BCUT2D eigenvalue weighted by atomic mass is 10.1. The first kappa shape index (κ1) is 10.3. The summed E-state index contributed by atoms with van der Waals surface area (Å²) < 4.78 is 2.35. The third-order valence-corrected chi connectivity index (χ3v) is 3.52. The van der Waals surface area contributed by atoms with E-state index in [1.54, 1.807) is 0 Å². The molecule has 1 aliphatic carbocycles. The molecule has 0 amide bonds. The first-order chi connectivity index (χ1) is 7.75. The number of nitrogens with one attached hydrogen (secondary N) is 1. The van der Waals surface area contributed by atoms with E-state index in [1.165, 1.54) is 24.5 Å². The van der Waals surface area contributed by atoms with Crippen LogP contribution in [0.4, 0.5) is 0 Å². The van der Waals surface area contributed by atoms with Crippen LogP contribution < -0.4 is 5.32 Å². The van der Waals surface area contributed by atoms with Gasteiger partial charge < -0.3 is 9.88 Å². The van der Waals surface area contributed by atoms with E-state index in [-0.39, 0.29) is 0 Å². The van der Waals surface area contributed by atoms with Crippen molar-refractivity contribution in [1.82, 2.24) is 20.1 Å². The fourth-order valence-electron chi connectivity index (χ4n) is 2.57. The maximum atomic E-state index is 4.40. The van der Waals surface area contributed by atoms with Crippen LogP contribution in [-0.4, -0.2) is 21.3 Å². The van der Waals surface area contributed by atoms with Gasteiger partial charge in [-0.25, -0.2) is 0 Å². The van der Waals surface area contributed by atoms with Gasteiger partial charge in [0.1, 0.15) is 5.82 Å². The summed E-state index contributed by atoms with van der Waals surface area (Å²) in [6.07, 6.45) is 3.75. The number of fused-ring (bicyclic) bond motifs is 1. The minimum absolute atomic E-state index is 0.474. The van der Waals surface area contributed by atoms with Crippen molar-refractivity contribution in [2.45, 2.75) is 45.7 Å². The van der Waals surface area contributed by atoms with E-state index in [4.69, 9.17) is 0 Å². The molecule has 1 atom stereocenters. The van der Waals surface area contributed by atoms with Crippen molar-refractivity contribution in [2.24, 2.45) is 11.8 Å². The number of aromatic nitrogens is 3. The van der Waals surface area contributed by atoms with Crippen LogP contribution in [0.25, 0.3) is 0 Å². The molecule has 16 heavy (non-hydrogen) atoms. The fourth-order valence-corrected chi connectivity index (χ4v) is 2.57. The molecule has 0 aromatic carbocycles. The average molecular weight is 220 g/mol. The zero-order chi connectivity index (χ0) is 11.1. The van der Waals surface area contributed by atoms with Crippen molar-refractivity contribution in [3.63, 3.8) is 0 Å². The van der Waals surface area contributed by atoms with Gasteiger partial charge in [-0.05, 0) is 24.7 Å². The molecule has 1 N–H and O–H groups in total. The first-order valence-electron chi connectivity index (χ1n) is 6.41. The molecule has 4 nitrogen and oxygen atoms in total. The van der Waals surface area contributed by atoms with Crippen LogP contribution in [0.3, 0.4) is 0 Å². The van der Waals surface area contributed by atoms with Crippen LogP contribution in [0.15, 0.2) is 0 Å². The van der Waals surface area contributed by atoms with Crippen LogP contribution in [-0.2, 0) is 13.0 Å². The Morgan fingerprint density at radius 2 is 2.19 bits per heavy atom. The molecule has 0 bridgehead atoms. The summed E-state index contributed by atoms with van der Waals surface area (Å²) >= 11 is 0. The van der Waals surface area contributed by atoms with Crippen LogP contribution in [0.5, 0.6) is 0 Å². The summed E-state index contributed by atoms with van der Waals surface area (Å²) in [7, 11) is 0. The molecule has 4 heteroatoms. The molecular weight excluding hydrogens is 200 g/mol. The lowest BCUT2D eigenvalue weighted by Crippen LogP contribution is -2.35. The van der Waals surface area contributed by atoms with Gasteiger partial charge in [-0.2, -0.15) is 0 Å². The van der Waals surface area contributed by atoms with Gasteiger partial charge in [0.05, 0.1) is 6.04 Å². The molecule has 1 aromatic rings. The van der Waals surface area contributed by atoms with Gasteiger partial charge >= 0.3 is 0 Å². The van der Waals surface area contributed by atoms with E-state index in [0.29, 0.717) is 12.0 Å². The van der Waals surface area contributed by atoms with Crippen LogP contribution >= 0.6 is 0 Å². The lowest BCUT2D eigenvalue weighted by molar-refractivity contribution is 0.374. The number of nitrogens with zero attached hydrogens (tertiary/aromatic N) is 3. The molecule has 2 heterocycles. The van der Waals surface area contributed by atoms with Gasteiger partial charge in [0, 0.05) is 19.5 Å². The van der Waals surface area contributed by atoms with Crippen molar-refractivity contribution in [3.05, 3.63) is 11.6 Å². The van der Waals surface area contributed by atoms with E-state index in [1.807, 2.05) is 0 Å². The second-order valence-corrected chi connectivity index (χ2v) is 5.49. The summed E-state index contributed by atoms with van der Waals surface area (Å²) in [5, 5.41) is 12.4. The van der Waals surface area contributed by atoms with Gasteiger partial charge in [0.25, 0.3) is 0 Å². The number of hydrogen-bond acceptors (Lipinski definition) is 3. The highest BCUT2D eigenvalue weighted by Crippen LogP contribution is 2.41. The topological polar surface area (TPSA) is 42.7 Å². The normalized spacial score (nSPS) is 24.8. The minimum atomic E-state index is 0.474. The summed E-state index contributed by atoms with van der Waals surface area (Å²) in [5.74, 6) is 3.83. The van der Waals surface area contributed by atoms with Crippen molar-refractivity contribution in [3.8, 4) is 0 Å². The molecule has 1 aromatic heterocycles. The Balaban J connectivity index is 1.88. The zero-order valence-electron chi connectivity index (χ0n) is 10.1. The summed E-state index contributed by atoms with van der Waals surface area (Å²) in [5.41, 5.74) is 0. The van der Waals surface area contributed by atoms with Gasteiger partial charge in [-0.15, -0.1) is 10.2 Å². The fraction of sp³-hybridized carbons (Fsp3) is 0.833. The Kier molecular flexibility index (Phi) is 2.46. The van der Waals surface area contributed by atoms with Crippen molar-refractivity contribution in [1.29, 1.82) is 0 Å². The maximum absolute atomic E-state index is 4.40. The van der Waals surface area contributed by atoms with Gasteiger partial charge in [-0.1, -0.05) is 13.8 Å². The third-order valence-electron chi connectivity index (χ3n) is 3.52. The Hall–Kier alpha value is -0.900. The molecule has 1 saturated carbocycles. The summed E-state index contributed by atoms with van der Waals surface area (Å²) in [6.45, 7) is 6.58. The maximum Gasteiger partial charge on any atom is 0.150 e. The highest BCUT2D eigenvalue weighted by atomic mass is 15.3. The molecule has 3 rings (SSSR count). The molecular formula is C12H20N4. The highest BCUT2D eigenvalue weighted by molar-refractivity contribution is 5.09. The van der Waals surface area contributed by atoms with E-state index < -0.39 is 0 Å². The highest BCUT2D eigenvalue weighted by Gasteiger charge is 2.37. The smallest absolute Gasteiger partial charge is 0.150 e. The molecule has 2 aliphatic rings. The lowest BCUT2D eigenvalue weighted by Gasteiger charge is -2.25. The average Bonchev–Trinajstić information content (AvgIpc) is 3.01. The second-order valence-electron chi connectivity index (χ2n) is 5.49. The van der Waals surface area contributed by atoms with Crippen LogP contribution in [0.2, 0.25) is 0 Å². The van der Waals surface area contributed by atoms with Crippen molar-refractivity contribution < 1.29 is 0 Å². The largest absolute Gasteiger partial charge is 0.312 e. The molecule has 0 radical (unpaired) electrons. The van der Waals surface area contributed by atoms with Crippen molar-refractivity contribution in [2.75, 3.05) is 6.54 Å². The standard InChI is InChI=1S/C12H20N4/c1-8(2)7-10-14-15-12-11(9-3-4-9)13-5-6-16(10)12/h8-9,11,13H,3-7H2,1-2H3. The van der Waals surface area contributed by atoms with E-state index >= 15 is 0 Å². The molecule has 1 fully saturated rings. The van der Waals surface area contributed by atoms with Gasteiger partial charge in [0.2, 0.25) is 0 Å².